The van der Waals surface area contributed by atoms with Crippen LogP contribution in [0.15, 0.2) is 53.6 Å². The zero-order chi connectivity index (χ0) is 15.5. The van der Waals surface area contributed by atoms with Crippen LogP contribution in [0, 0.1) is 0 Å². The molecule has 0 radical (unpaired) electrons. The molecule has 1 N–H and O–H groups in total. The Kier molecular flexibility index (Phi) is 3.65. The highest BCUT2D eigenvalue weighted by molar-refractivity contribution is 5.89. The van der Waals surface area contributed by atoms with Crippen molar-refractivity contribution in [3.8, 4) is 0 Å². The Morgan fingerprint density at radius 2 is 1.91 bits per heavy atom. The zero-order valence-corrected chi connectivity index (χ0v) is 11.8. The highest BCUT2D eigenvalue weighted by atomic mass is 16.5. The van der Waals surface area contributed by atoms with Crippen LogP contribution in [0.4, 0.5) is 0 Å². The van der Waals surface area contributed by atoms with Gasteiger partial charge in [0.15, 0.2) is 11.9 Å². The predicted octanol–water partition coefficient (Wildman–Crippen LogP) is 2.24. The van der Waals surface area contributed by atoms with Gasteiger partial charge >= 0.3 is 5.97 Å². The van der Waals surface area contributed by atoms with E-state index >= 15 is 0 Å². The fourth-order valence-electron chi connectivity index (χ4n) is 2.07. The molecule has 0 amide bonds. The van der Waals surface area contributed by atoms with Gasteiger partial charge in [-0.25, -0.2) is 9.78 Å². The number of para-hydroxylation sites is 1. The molecule has 0 fully saturated rings. The molecule has 6 nitrogen and oxygen atoms in total. The number of fused-ring (bicyclic) bond motifs is 1. The highest BCUT2D eigenvalue weighted by Gasteiger charge is 2.16. The Morgan fingerprint density at radius 1 is 1.18 bits per heavy atom. The van der Waals surface area contributed by atoms with Crippen LogP contribution < -0.4 is 5.56 Å². The van der Waals surface area contributed by atoms with Gasteiger partial charge in [0.25, 0.3) is 5.56 Å². The van der Waals surface area contributed by atoms with Gasteiger partial charge in [-0.15, -0.1) is 0 Å². The fraction of sp³-hybridized carbons (Fsp3) is 0.125. The second-order valence-electron chi connectivity index (χ2n) is 4.75. The van der Waals surface area contributed by atoms with E-state index in [4.69, 9.17) is 4.74 Å². The average molecular weight is 295 g/mol. The minimum Gasteiger partial charge on any atom is -0.451 e. The summed E-state index contributed by atoms with van der Waals surface area (Å²) in [4.78, 5) is 34.9. The van der Waals surface area contributed by atoms with E-state index in [0.29, 0.717) is 22.3 Å². The predicted molar refractivity (Wildman–Crippen MR) is 80.4 cm³/mol. The van der Waals surface area contributed by atoms with Crippen molar-refractivity contribution in [3.05, 3.63) is 70.5 Å². The van der Waals surface area contributed by atoms with E-state index in [1.807, 2.05) is 0 Å². The van der Waals surface area contributed by atoms with Crippen LogP contribution in [0.5, 0.6) is 0 Å². The second-order valence-corrected chi connectivity index (χ2v) is 4.75. The quantitative estimate of drug-likeness (QED) is 0.749. The number of pyridine rings is 1. The number of aromatic amines is 1. The number of H-pyrrole nitrogens is 1. The van der Waals surface area contributed by atoms with Gasteiger partial charge in [0.2, 0.25) is 0 Å². The first kappa shape index (κ1) is 13.9. The summed E-state index contributed by atoms with van der Waals surface area (Å²) < 4.78 is 5.33. The Balaban J connectivity index is 1.88. The highest BCUT2D eigenvalue weighted by Crippen LogP contribution is 2.16. The molecule has 0 spiro atoms. The molecule has 3 aromatic rings. The fourth-order valence-corrected chi connectivity index (χ4v) is 2.07. The Labute approximate surface area is 125 Å². The molecule has 0 aliphatic rings. The molecule has 0 aliphatic carbocycles. The van der Waals surface area contributed by atoms with Gasteiger partial charge in [-0.3, -0.25) is 9.78 Å². The van der Waals surface area contributed by atoms with Crippen LogP contribution >= 0.6 is 0 Å². The van der Waals surface area contributed by atoms with Crippen molar-refractivity contribution in [2.75, 3.05) is 0 Å². The molecule has 6 heteroatoms. The molecule has 0 aliphatic heterocycles. The third kappa shape index (κ3) is 2.71. The third-order valence-electron chi connectivity index (χ3n) is 3.22. The first-order valence-electron chi connectivity index (χ1n) is 6.75. The van der Waals surface area contributed by atoms with Crippen molar-refractivity contribution in [2.24, 2.45) is 0 Å². The molecule has 0 bridgehead atoms. The van der Waals surface area contributed by atoms with Gasteiger partial charge in [0.1, 0.15) is 0 Å². The van der Waals surface area contributed by atoms with E-state index in [1.165, 1.54) is 12.4 Å². The molecule has 2 heterocycles. The SMILES string of the molecule is C[C@H](OC(=O)c1ccncc1)c1nc2ccccc2c(=O)[nH]1. The summed E-state index contributed by atoms with van der Waals surface area (Å²) in [6.45, 7) is 1.66. The minimum absolute atomic E-state index is 0.257. The van der Waals surface area contributed by atoms with Crippen LogP contribution in [0.2, 0.25) is 0 Å². The van der Waals surface area contributed by atoms with E-state index in [2.05, 4.69) is 15.0 Å². The summed E-state index contributed by atoms with van der Waals surface area (Å²) in [7, 11) is 0. The number of nitrogens with one attached hydrogen (secondary N) is 1. The molecule has 0 saturated heterocycles. The summed E-state index contributed by atoms with van der Waals surface area (Å²) in [5.41, 5.74) is 0.699. The van der Waals surface area contributed by atoms with Gasteiger partial charge in [0, 0.05) is 12.4 Å². The minimum atomic E-state index is -0.669. The molecule has 110 valence electrons. The molecule has 1 atom stereocenters. The van der Waals surface area contributed by atoms with Crippen molar-refractivity contribution in [1.82, 2.24) is 15.0 Å². The summed E-state index contributed by atoms with van der Waals surface area (Å²) in [6, 6.07) is 10.1. The number of benzene rings is 1. The Morgan fingerprint density at radius 3 is 2.68 bits per heavy atom. The molecular weight excluding hydrogens is 282 g/mol. The smallest absolute Gasteiger partial charge is 0.338 e. The maximum atomic E-state index is 12.0. The normalized spacial score (nSPS) is 12.0. The van der Waals surface area contributed by atoms with E-state index in [-0.39, 0.29) is 5.56 Å². The standard InChI is InChI=1S/C16H13N3O3/c1-10(22-16(21)11-6-8-17-9-7-11)14-18-13-5-3-2-4-12(13)15(20)19-14/h2-10H,1H3,(H,18,19,20)/t10-/m0/s1. The molecule has 3 rings (SSSR count). The van der Waals surface area contributed by atoms with Crippen molar-refractivity contribution in [1.29, 1.82) is 0 Å². The number of aromatic nitrogens is 3. The monoisotopic (exact) mass is 295 g/mol. The van der Waals surface area contributed by atoms with E-state index in [1.54, 1.807) is 43.3 Å². The number of hydrogen-bond acceptors (Lipinski definition) is 5. The van der Waals surface area contributed by atoms with E-state index < -0.39 is 12.1 Å². The first-order valence-corrected chi connectivity index (χ1v) is 6.75. The summed E-state index contributed by atoms with van der Waals surface area (Å²) in [5.74, 6) is -0.184. The maximum absolute atomic E-state index is 12.0. The van der Waals surface area contributed by atoms with Crippen LogP contribution in [-0.2, 0) is 4.74 Å². The van der Waals surface area contributed by atoms with Crippen LogP contribution in [0.1, 0.15) is 29.2 Å². The van der Waals surface area contributed by atoms with Crippen molar-refractivity contribution in [2.45, 2.75) is 13.0 Å². The lowest BCUT2D eigenvalue weighted by atomic mass is 10.2. The molecule has 0 unspecified atom stereocenters. The van der Waals surface area contributed by atoms with Gasteiger partial charge in [-0.1, -0.05) is 12.1 Å². The molecule has 22 heavy (non-hydrogen) atoms. The first-order chi connectivity index (χ1) is 10.6. The number of nitrogens with zero attached hydrogens (tertiary/aromatic N) is 2. The molecule has 1 aromatic carbocycles. The second kappa shape index (κ2) is 5.77. The van der Waals surface area contributed by atoms with E-state index in [0.717, 1.165) is 0 Å². The van der Waals surface area contributed by atoms with Gasteiger partial charge < -0.3 is 9.72 Å². The third-order valence-corrected chi connectivity index (χ3v) is 3.22. The van der Waals surface area contributed by atoms with Crippen molar-refractivity contribution >= 4 is 16.9 Å². The zero-order valence-electron chi connectivity index (χ0n) is 11.8. The maximum Gasteiger partial charge on any atom is 0.338 e. The lowest BCUT2D eigenvalue weighted by Gasteiger charge is -2.13. The van der Waals surface area contributed by atoms with E-state index in [9.17, 15) is 9.59 Å². The summed E-state index contributed by atoms with van der Waals surface area (Å²) >= 11 is 0. The number of carbonyl (C=O) groups is 1. The molecule has 2 aromatic heterocycles. The lowest BCUT2D eigenvalue weighted by Crippen LogP contribution is -2.17. The van der Waals surface area contributed by atoms with Crippen molar-refractivity contribution in [3.63, 3.8) is 0 Å². The molecule has 0 saturated carbocycles. The van der Waals surface area contributed by atoms with Crippen LogP contribution in [-0.4, -0.2) is 20.9 Å². The van der Waals surface area contributed by atoms with Crippen LogP contribution in [0.25, 0.3) is 10.9 Å². The Hall–Kier alpha value is -3.02. The number of ether oxygens (including phenoxy) is 1. The number of rotatable bonds is 3. The largest absolute Gasteiger partial charge is 0.451 e. The van der Waals surface area contributed by atoms with Crippen LogP contribution in [0.3, 0.4) is 0 Å². The summed E-state index contributed by atoms with van der Waals surface area (Å²) in [6.07, 6.45) is 2.35. The lowest BCUT2D eigenvalue weighted by molar-refractivity contribution is 0.0320. The topological polar surface area (TPSA) is 84.9 Å². The molecular formula is C16H13N3O3. The number of hydrogen-bond donors (Lipinski definition) is 1. The van der Waals surface area contributed by atoms with Gasteiger partial charge in [-0.2, -0.15) is 0 Å². The summed E-state index contributed by atoms with van der Waals surface area (Å²) in [5, 5.41) is 0.499. The number of carbonyl (C=O) groups excluding carboxylic acids is 1. The van der Waals surface area contributed by atoms with Gasteiger partial charge in [0.05, 0.1) is 16.5 Å². The van der Waals surface area contributed by atoms with Gasteiger partial charge in [-0.05, 0) is 31.2 Å². The average Bonchev–Trinajstić information content (AvgIpc) is 2.55. The van der Waals surface area contributed by atoms with Crippen molar-refractivity contribution < 1.29 is 9.53 Å². The number of esters is 1. The Bertz CT molecular complexity index is 874.